The molecular weight excluding hydrogens is 469 g/mol. The molecule has 0 saturated carbocycles. The first-order chi connectivity index (χ1) is 17.4. The van der Waals surface area contributed by atoms with Gasteiger partial charge in [0.2, 0.25) is 0 Å². The van der Waals surface area contributed by atoms with Crippen molar-refractivity contribution in [3.8, 4) is 23.9 Å². The molecule has 3 aromatic rings. The maximum atomic E-state index is 13.4. The van der Waals surface area contributed by atoms with Crippen LogP contribution in [0.15, 0.2) is 29.1 Å². The van der Waals surface area contributed by atoms with Gasteiger partial charge in [-0.25, -0.2) is 14.0 Å². The number of anilines is 1. The lowest BCUT2D eigenvalue weighted by Crippen LogP contribution is -2.44. The van der Waals surface area contributed by atoms with Crippen LogP contribution in [-0.2, 0) is 17.9 Å². The third-order valence-corrected chi connectivity index (χ3v) is 5.37. The van der Waals surface area contributed by atoms with Crippen LogP contribution in [0.25, 0.3) is 11.2 Å². The Morgan fingerprint density at radius 3 is 2.47 bits per heavy atom. The first kappa shape index (κ1) is 26.2. The van der Waals surface area contributed by atoms with Crippen molar-refractivity contribution in [2.75, 3.05) is 44.9 Å². The van der Waals surface area contributed by atoms with E-state index in [9.17, 15) is 9.18 Å². The fourth-order valence-corrected chi connectivity index (χ4v) is 3.68. The second-order valence-corrected chi connectivity index (χ2v) is 7.66. The molecule has 1 fully saturated rings. The highest BCUT2D eigenvalue weighted by Crippen LogP contribution is 2.26. The van der Waals surface area contributed by atoms with Gasteiger partial charge >= 0.3 is 17.7 Å². The second kappa shape index (κ2) is 12.3. The van der Waals surface area contributed by atoms with Gasteiger partial charge < -0.3 is 20.1 Å². The highest BCUT2D eigenvalue weighted by atomic mass is 19.1. The Balaban J connectivity index is 0.000000734. The molecular formula is C24H28FN7O4. The number of carbonyl (C=O) groups is 1. The number of carboxylic acid groups (broad SMARTS) is 1. The van der Waals surface area contributed by atoms with Gasteiger partial charge in [0, 0.05) is 27.6 Å². The van der Waals surface area contributed by atoms with Crippen LogP contribution in [0, 0.1) is 23.2 Å². The van der Waals surface area contributed by atoms with E-state index in [1.54, 1.807) is 28.2 Å². The molecule has 2 aromatic heterocycles. The molecule has 0 spiro atoms. The van der Waals surface area contributed by atoms with E-state index in [1.807, 2.05) is 12.1 Å². The van der Waals surface area contributed by atoms with Crippen molar-refractivity contribution in [3.05, 3.63) is 45.9 Å². The number of nitrogens with one attached hydrogen (secondary N) is 1. The number of nitrogens with zero attached hydrogens (tertiary/aromatic N) is 6. The monoisotopic (exact) mass is 497 g/mol. The van der Waals surface area contributed by atoms with Gasteiger partial charge in [-0.2, -0.15) is 15.2 Å². The number of nitriles is 1. The molecule has 0 aliphatic carbocycles. The number of benzene rings is 1. The normalized spacial score (nSPS) is 12.7. The summed E-state index contributed by atoms with van der Waals surface area (Å²) in [6.45, 7) is 4.23. The summed E-state index contributed by atoms with van der Waals surface area (Å²) in [4.78, 5) is 33.7. The van der Waals surface area contributed by atoms with Crippen molar-refractivity contribution in [1.82, 2.24) is 24.4 Å². The highest BCUT2D eigenvalue weighted by Gasteiger charge is 2.24. The second-order valence-electron chi connectivity index (χ2n) is 7.66. The largest absolute Gasteiger partial charge is 0.479 e. The van der Waals surface area contributed by atoms with Crippen LogP contribution in [0.1, 0.15) is 19.5 Å². The van der Waals surface area contributed by atoms with Crippen molar-refractivity contribution in [3.63, 3.8) is 0 Å². The Morgan fingerprint density at radius 2 is 1.92 bits per heavy atom. The molecule has 1 aromatic carbocycles. The summed E-state index contributed by atoms with van der Waals surface area (Å²) in [5, 5.41) is 19.7. The van der Waals surface area contributed by atoms with Gasteiger partial charge in [-0.05, 0) is 24.6 Å². The van der Waals surface area contributed by atoms with Gasteiger partial charge in [0.05, 0.1) is 31.8 Å². The third kappa shape index (κ3) is 5.98. The Kier molecular flexibility index (Phi) is 8.97. The maximum absolute atomic E-state index is 13.4. The standard InChI is InChI=1S/C22H23N7O2.C2H3FO2.H2/c1-3-4-11-28-18-19(27-12-9-24-10-13-27)25-21(31-2)26-20(18)29(22(28)30)15-17-7-5-16(14-23)6-8-17;3-1-2(4)5;/h5-8,24H,9-13,15H2,1-2H3;1H2,(H,4,5);1H. The summed E-state index contributed by atoms with van der Waals surface area (Å²) in [7, 11) is 1.52. The van der Waals surface area contributed by atoms with Crippen molar-refractivity contribution in [1.29, 1.82) is 5.26 Å². The molecule has 1 saturated heterocycles. The van der Waals surface area contributed by atoms with Gasteiger partial charge in [-0.1, -0.05) is 18.1 Å². The first-order valence-corrected chi connectivity index (χ1v) is 11.1. The predicted molar refractivity (Wildman–Crippen MR) is 133 cm³/mol. The van der Waals surface area contributed by atoms with Gasteiger partial charge in [0.25, 0.3) is 0 Å². The minimum Gasteiger partial charge on any atom is -0.479 e. The quantitative estimate of drug-likeness (QED) is 0.482. The van der Waals surface area contributed by atoms with Gasteiger partial charge in [-0.15, -0.1) is 5.92 Å². The molecule has 0 amide bonds. The highest BCUT2D eigenvalue weighted by molar-refractivity contribution is 5.85. The molecule has 0 unspecified atom stereocenters. The number of methoxy groups -OCH3 is 1. The Morgan fingerprint density at radius 1 is 1.25 bits per heavy atom. The van der Waals surface area contributed by atoms with Crippen LogP contribution < -0.4 is 20.6 Å². The number of hydrogen-bond donors (Lipinski definition) is 2. The van der Waals surface area contributed by atoms with Crippen molar-refractivity contribution >= 4 is 23.0 Å². The number of ether oxygens (including phenoxy) is 1. The SMILES string of the molecule is CC#CCn1c(=O)n(Cc2ccc(C#N)cc2)c2nc(OC)nc(N3CCNCC3)c21.O=C(O)CF.[HH]. The number of imidazole rings is 1. The minimum absolute atomic E-state index is 0. The summed E-state index contributed by atoms with van der Waals surface area (Å²) in [5.74, 6) is 5.12. The molecule has 4 rings (SSSR count). The summed E-state index contributed by atoms with van der Waals surface area (Å²) in [5.41, 5.74) is 2.42. The molecule has 36 heavy (non-hydrogen) atoms. The third-order valence-electron chi connectivity index (χ3n) is 5.37. The Hall–Kier alpha value is -4.42. The van der Waals surface area contributed by atoms with E-state index in [0.717, 1.165) is 31.7 Å². The average Bonchev–Trinajstić information content (AvgIpc) is 3.18. The zero-order valence-corrected chi connectivity index (χ0v) is 20.0. The van der Waals surface area contributed by atoms with Crippen LogP contribution >= 0.6 is 0 Å². The van der Waals surface area contributed by atoms with E-state index in [1.165, 1.54) is 7.11 Å². The van der Waals surface area contributed by atoms with Crippen LogP contribution in [-0.4, -0.2) is 70.1 Å². The number of aliphatic carboxylic acids is 1. The average molecular weight is 498 g/mol. The van der Waals surface area contributed by atoms with Crippen molar-refractivity contribution in [2.24, 2.45) is 0 Å². The van der Waals surface area contributed by atoms with Crippen molar-refractivity contribution in [2.45, 2.75) is 20.0 Å². The minimum atomic E-state index is -1.41. The summed E-state index contributed by atoms with van der Waals surface area (Å²) in [6.07, 6.45) is 0. The number of halogens is 1. The number of aromatic nitrogens is 4. The maximum Gasteiger partial charge on any atom is 0.335 e. The predicted octanol–water partition coefficient (Wildman–Crippen LogP) is 1.24. The van der Waals surface area contributed by atoms with Crippen LogP contribution in [0.3, 0.4) is 0 Å². The van der Waals surface area contributed by atoms with Gasteiger partial charge in [-0.3, -0.25) is 9.13 Å². The molecule has 3 heterocycles. The van der Waals surface area contributed by atoms with E-state index < -0.39 is 12.6 Å². The topological polar surface area (TPSA) is 138 Å². The molecule has 12 heteroatoms. The van der Waals surface area contributed by atoms with Crippen molar-refractivity contribution < 1.29 is 20.5 Å². The number of rotatable bonds is 6. The van der Waals surface area contributed by atoms with Crippen LogP contribution in [0.2, 0.25) is 0 Å². The molecule has 0 radical (unpaired) electrons. The van der Waals surface area contributed by atoms with E-state index in [2.05, 4.69) is 38.1 Å². The number of hydrogen-bond acceptors (Lipinski definition) is 8. The number of piperazine rings is 1. The summed E-state index contributed by atoms with van der Waals surface area (Å²) in [6, 6.07) is 9.49. The molecule has 2 N–H and O–H groups in total. The fraction of sp³-hybridized carbons (Fsp3) is 0.375. The molecule has 190 valence electrons. The van der Waals surface area contributed by atoms with E-state index in [4.69, 9.17) is 19.9 Å². The fourth-order valence-electron chi connectivity index (χ4n) is 3.68. The Labute approximate surface area is 208 Å². The van der Waals surface area contributed by atoms with Gasteiger partial charge in [0.15, 0.2) is 18.1 Å². The van der Waals surface area contributed by atoms with Crippen LogP contribution in [0.5, 0.6) is 6.01 Å². The number of carboxylic acids is 1. The zero-order valence-electron chi connectivity index (χ0n) is 20.0. The lowest BCUT2D eigenvalue weighted by molar-refractivity contribution is -0.137. The van der Waals surface area contributed by atoms with E-state index in [-0.39, 0.29) is 19.7 Å². The van der Waals surface area contributed by atoms with E-state index in [0.29, 0.717) is 29.1 Å². The zero-order chi connectivity index (χ0) is 26.1. The summed E-state index contributed by atoms with van der Waals surface area (Å²) >= 11 is 0. The first-order valence-electron chi connectivity index (χ1n) is 11.1. The smallest absolute Gasteiger partial charge is 0.335 e. The number of alkyl halides is 1. The lowest BCUT2D eigenvalue weighted by atomic mass is 10.1. The van der Waals surface area contributed by atoms with Crippen LogP contribution in [0.4, 0.5) is 10.2 Å². The molecule has 11 nitrogen and oxygen atoms in total. The molecule has 0 atom stereocenters. The van der Waals surface area contributed by atoms with E-state index >= 15 is 0 Å². The lowest BCUT2D eigenvalue weighted by Gasteiger charge is -2.29. The van der Waals surface area contributed by atoms with Gasteiger partial charge in [0.1, 0.15) is 5.52 Å². The number of fused-ring (bicyclic) bond motifs is 1. The summed E-state index contributed by atoms with van der Waals surface area (Å²) < 4.78 is 19.1. The molecule has 1 aliphatic rings. The molecule has 0 bridgehead atoms. The Bertz CT molecular complexity index is 1380. The molecule has 1 aliphatic heterocycles.